The van der Waals surface area contributed by atoms with Crippen LogP contribution in [0.4, 0.5) is 13.2 Å². The normalized spacial score (nSPS) is 10.2. The summed E-state index contributed by atoms with van der Waals surface area (Å²) in [7, 11) is 0. The molecular formula is C11H12F3NO3. The van der Waals surface area contributed by atoms with Crippen LogP contribution < -0.4 is 5.73 Å². The molecule has 3 N–H and O–H groups in total. The van der Waals surface area contributed by atoms with Gasteiger partial charge in [0, 0.05) is 0 Å². The third-order valence-electron chi connectivity index (χ3n) is 1.89. The van der Waals surface area contributed by atoms with E-state index in [-0.39, 0.29) is 0 Å². The van der Waals surface area contributed by atoms with Crippen LogP contribution in [0.2, 0.25) is 0 Å². The van der Waals surface area contributed by atoms with Gasteiger partial charge in [0.2, 0.25) is 0 Å². The summed E-state index contributed by atoms with van der Waals surface area (Å²) < 4.78 is 32.1. The number of carbonyl (C=O) groups excluding carboxylic acids is 1. The quantitative estimate of drug-likeness (QED) is 0.856. The molecule has 0 saturated heterocycles. The Morgan fingerprint density at radius 1 is 1.22 bits per heavy atom. The highest BCUT2D eigenvalue weighted by atomic mass is 19.4. The Labute approximate surface area is 101 Å². The summed E-state index contributed by atoms with van der Waals surface area (Å²) in [6.07, 6.45) is -3.92. The van der Waals surface area contributed by atoms with E-state index >= 15 is 0 Å². The zero-order valence-electron chi connectivity index (χ0n) is 9.49. The van der Waals surface area contributed by atoms with E-state index in [2.05, 4.69) is 5.73 Å². The van der Waals surface area contributed by atoms with Crippen molar-refractivity contribution in [2.45, 2.75) is 19.5 Å². The van der Waals surface area contributed by atoms with Crippen molar-refractivity contribution in [1.29, 1.82) is 0 Å². The molecule has 1 aromatic carbocycles. The maximum atomic E-state index is 10.7. The predicted molar refractivity (Wildman–Crippen MR) is 58.0 cm³/mol. The lowest BCUT2D eigenvalue weighted by atomic mass is 10.1. The Hall–Kier alpha value is -2.05. The van der Waals surface area contributed by atoms with E-state index < -0.39 is 18.1 Å². The molecule has 0 heterocycles. The number of halogens is 3. The Morgan fingerprint density at radius 3 is 1.83 bits per heavy atom. The summed E-state index contributed by atoms with van der Waals surface area (Å²) in [5.74, 6) is -3.12. The Balaban J connectivity index is 0.000000360. The number of carbonyl (C=O) groups is 2. The molecule has 1 amide bonds. The first kappa shape index (κ1) is 16.0. The molecule has 0 aliphatic rings. The van der Waals surface area contributed by atoms with Gasteiger partial charge in [-0.3, -0.25) is 4.79 Å². The molecule has 0 radical (unpaired) electrons. The molecule has 0 aromatic heterocycles. The van der Waals surface area contributed by atoms with E-state index in [4.69, 9.17) is 9.90 Å². The topological polar surface area (TPSA) is 80.4 Å². The molecule has 18 heavy (non-hydrogen) atoms. The molecule has 0 aliphatic heterocycles. The van der Waals surface area contributed by atoms with E-state index in [9.17, 15) is 18.0 Å². The van der Waals surface area contributed by atoms with Crippen molar-refractivity contribution in [1.82, 2.24) is 0 Å². The second-order valence-corrected chi connectivity index (χ2v) is 3.22. The Kier molecular flexibility index (Phi) is 5.87. The zero-order valence-corrected chi connectivity index (χ0v) is 9.49. The summed E-state index contributed by atoms with van der Waals surface area (Å²) in [6.45, 7) is 2.04. The van der Waals surface area contributed by atoms with Gasteiger partial charge in [0.25, 0.3) is 0 Å². The van der Waals surface area contributed by atoms with Crippen LogP contribution in [0.1, 0.15) is 22.8 Å². The number of benzene rings is 1. The van der Waals surface area contributed by atoms with E-state index in [1.54, 1.807) is 12.1 Å². The highest BCUT2D eigenvalue weighted by Crippen LogP contribution is 2.11. The molecule has 0 unspecified atom stereocenters. The smallest absolute Gasteiger partial charge is 0.470 e. The fourth-order valence-electron chi connectivity index (χ4n) is 0.883. The fourth-order valence-corrected chi connectivity index (χ4v) is 0.883. The molecule has 0 fully saturated rings. The molecular weight excluding hydrogens is 251 g/mol. The standard InChI is InChI=1S/C9H10O2.C2H2F3NO/c1-2-7-3-5-8(6-4-7)9(10)11;3-2(4,5)1(6)7/h3-6H,2H2,1H3,(H,10,11);(H2,6,7). The molecule has 0 bridgehead atoms. The van der Waals surface area contributed by atoms with E-state index in [1.165, 1.54) is 0 Å². The molecule has 0 atom stereocenters. The van der Waals surface area contributed by atoms with E-state index in [0.29, 0.717) is 5.56 Å². The van der Waals surface area contributed by atoms with Crippen LogP contribution in [0.25, 0.3) is 0 Å². The van der Waals surface area contributed by atoms with Crippen molar-refractivity contribution in [3.8, 4) is 0 Å². The fraction of sp³-hybridized carbons (Fsp3) is 0.273. The number of aryl methyl sites for hydroxylation is 1. The first-order valence-electron chi connectivity index (χ1n) is 4.87. The van der Waals surface area contributed by atoms with Crippen LogP contribution in [0.5, 0.6) is 0 Å². The molecule has 0 saturated carbocycles. The van der Waals surface area contributed by atoms with Crippen LogP contribution in [-0.2, 0) is 11.2 Å². The molecule has 7 heteroatoms. The second kappa shape index (κ2) is 6.63. The molecule has 0 spiro atoms. The SMILES string of the molecule is CCc1ccc(C(=O)O)cc1.NC(=O)C(F)(F)F. The van der Waals surface area contributed by atoms with E-state index in [1.807, 2.05) is 19.1 Å². The van der Waals surface area contributed by atoms with Gasteiger partial charge in [-0.05, 0) is 24.1 Å². The van der Waals surface area contributed by atoms with Gasteiger partial charge in [-0.2, -0.15) is 13.2 Å². The van der Waals surface area contributed by atoms with Crippen LogP contribution in [0.15, 0.2) is 24.3 Å². The van der Waals surface area contributed by atoms with Gasteiger partial charge in [0.15, 0.2) is 0 Å². The third-order valence-corrected chi connectivity index (χ3v) is 1.89. The minimum absolute atomic E-state index is 0.349. The molecule has 4 nitrogen and oxygen atoms in total. The molecule has 100 valence electrons. The van der Waals surface area contributed by atoms with Crippen LogP contribution in [-0.4, -0.2) is 23.2 Å². The largest absolute Gasteiger partial charge is 0.478 e. The number of primary amides is 1. The lowest BCUT2D eigenvalue weighted by Crippen LogP contribution is -2.30. The van der Waals surface area contributed by atoms with Gasteiger partial charge in [0.1, 0.15) is 0 Å². The van der Waals surface area contributed by atoms with Gasteiger partial charge in [-0.25, -0.2) is 4.79 Å². The average molecular weight is 263 g/mol. The summed E-state index contributed by atoms with van der Waals surface area (Å²) in [5, 5.41) is 8.55. The third kappa shape index (κ3) is 5.88. The number of amides is 1. The summed E-state index contributed by atoms with van der Waals surface area (Å²) in [6, 6.07) is 6.93. The number of hydrogen-bond acceptors (Lipinski definition) is 2. The maximum Gasteiger partial charge on any atom is 0.470 e. The number of nitrogens with two attached hydrogens (primary N) is 1. The van der Waals surface area contributed by atoms with E-state index in [0.717, 1.165) is 12.0 Å². The Morgan fingerprint density at radius 2 is 1.61 bits per heavy atom. The second-order valence-electron chi connectivity index (χ2n) is 3.22. The van der Waals surface area contributed by atoms with Crippen molar-refractivity contribution in [3.05, 3.63) is 35.4 Å². The average Bonchev–Trinajstić information content (AvgIpc) is 2.28. The van der Waals surface area contributed by atoms with Crippen LogP contribution in [0.3, 0.4) is 0 Å². The zero-order chi connectivity index (χ0) is 14.3. The number of rotatable bonds is 2. The monoisotopic (exact) mass is 263 g/mol. The number of carboxylic acid groups (broad SMARTS) is 1. The van der Waals surface area contributed by atoms with Gasteiger partial charge < -0.3 is 10.8 Å². The van der Waals surface area contributed by atoms with Crippen molar-refractivity contribution in [2.75, 3.05) is 0 Å². The van der Waals surface area contributed by atoms with Gasteiger partial charge >= 0.3 is 18.1 Å². The molecule has 0 aliphatic carbocycles. The number of aromatic carboxylic acids is 1. The number of alkyl halides is 3. The lowest BCUT2D eigenvalue weighted by Gasteiger charge is -1.96. The summed E-state index contributed by atoms with van der Waals surface area (Å²) in [5.41, 5.74) is 5.32. The molecule has 1 rings (SSSR count). The highest BCUT2D eigenvalue weighted by molar-refractivity contribution is 5.87. The van der Waals surface area contributed by atoms with Gasteiger partial charge in [-0.1, -0.05) is 19.1 Å². The molecule has 1 aromatic rings. The number of carboxylic acids is 1. The minimum Gasteiger partial charge on any atom is -0.478 e. The van der Waals surface area contributed by atoms with Crippen molar-refractivity contribution < 1.29 is 27.9 Å². The number of hydrogen-bond donors (Lipinski definition) is 2. The summed E-state index contributed by atoms with van der Waals surface area (Å²) >= 11 is 0. The summed E-state index contributed by atoms with van der Waals surface area (Å²) in [4.78, 5) is 19.5. The predicted octanol–water partition coefficient (Wildman–Crippen LogP) is 1.98. The van der Waals surface area contributed by atoms with Crippen LogP contribution >= 0.6 is 0 Å². The van der Waals surface area contributed by atoms with Crippen molar-refractivity contribution in [3.63, 3.8) is 0 Å². The highest BCUT2D eigenvalue weighted by Gasteiger charge is 2.35. The first-order valence-corrected chi connectivity index (χ1v) is 4.87. The minimum atomic E-state index is -4.86. The maximum absolute atomic E-state index is 10.7. The van der Waals surface area contributed by atoms with Gasteiger partial charge in [-0.15, -0.1) is 0 Å². The van der Waals surface area contributed by atoms with Crippen molar-refractivity contribution >= 4 is 11.9 Å². The van der Waals surface area contributed by atoms with Crippen molar-refractivity contribution in [2.24, 2.45) is 5.73 Å². The van der Waals surface area contributed by atoms with Gasteiger partial charge in [0.05, 0.1) is 5.56 Å². The lowest BCUT2D eigenvalue weighted by molar-refractivity contribution is -0.169. The Bertz CT molecular complexity index is 413. The van der Waals surface area contributed by atoms with Crippen LogP contribution in [0, 0.1) is 0 Å². The first-order chi connectivity index (χ1) is 8.18.